The van der Waals surface area contributed by atoms with Crippen LogP contribution in [-0.2, 0) is 6.42 Å². The van der Waals surface area contributed by atoms with Crippen molar-refractivity contribution in [2.45, 2.75) is 19.4 Å². The summed E-state index contributed by atoms with van der Waals surface area (Å²) in [7, 11) is 1.63. The van der Waals surface area contributed by atoms with Crippen LogP contribution in [0, 0.1) is 0 Å². The van der Waals surface area contributed by atoms with Gasteiger partial charge < -0.3 is 10.5 Å². The fourth-order valence-electron chi connectivity index (χ4n) is 1.14. The Morgan fingerprint density at radius 3 is 2.85 bits per heavy atom. The maximum Gasteiger partial charge on any atom is 0.141 e. The molecule has 0 aliphatic heterocycles. The van der Waals surface area contributed by atoms with E-state index in [0.29, 0.717) is 0 Å². The van der Waals surface area contributed by atoms with Gasteiger partial charge in [-0.25, -0.2) is 0 Å². The molecule has 1 aromatic heterocycles. The van der Waals surface area contributed by atoms with Gasteiger partial charge in [0, 0.05) is 22.3 Å². The predicted molar refractivity (Wildman–Crippen MR) is 55.8 cm³/mol. The number of ether oxygens (including phenoxy) is 1. The van der Waals surface area contributed by atoms with E-state index in [-0.39, 0.29) is 6.04 Å². The van der Waals surface area contributed by atoms with Crippen LogP contribution < -0.4 is 10.5 Å². The van der Waals surface area contributed by atoms with E-state index in [4.69, 9.17) is 10.5 Å². The first kappa shape index (κ1) is 10.5. The molecule has 1 atom stereocenters. The Hall–Kier alpha value is -0.610. The van der Waals surface area contributed by atoms with Crippen LogP contribution >= 0.6 is 15.9 Å². The van der Waals surface area contributed by atoms with Crippen LogP contribution in [0.4, 0.5) is 0 Å². The Bertz CT molecular complexity index is 289. The van der Waals surface area contributed by atoms with Gasteiger partial charge in [0.15, 0.2) is 0 Å². The van der Waals surface area contributed by atoms with Crippen LogP contribution in [0.1, 0.15) is 12.5 Å². The molecule has 0 fully saturated rings. The molecular formula is C9H13BrN2O. The van der Waals surface area contributed by atoms with Gasteiger partial charge >= 0.3 is 0 Å². The molecule has 1 rings (SSSR count). The molecule has 0 spiro atoms. The van der Waals surface area contributed by atoms with E-state index >= 15 is 0 Å². The Labute approximate surface area is 86.4 Å². The summed E-state index contributed by atoms with van der Waals surface area (Å²) in [6, 6.07) is 0.118. The molecule has 0 aliphatic rings. The van der Waals surface area contributed by atoms with Crippen LogP contribution in [0.2, 0.25) is 0 Å². The molecule has 0 bridgehead atoms. The first-order valence-electron chi connectivity index (χ1n) is 4.07. The number of hydrogen-bond donors (Lipinski definition) is 1. The Balaban J connectivity index is 3.00. The van der Waals surface area contributed by atoms with E-state index in [1.54, 1.807) is 19.5 Å². The van der Waals surface area contributed by atoms with E-state index < -0.39 is 0 Å². The Morgan fingerprint density at radius 1 is 1.62 bits per heavy atom. The van der Waals surface area contributed by atoms with E-state index in [1.165, 1.54) is 0 Å². The molecule has 0 saturated carbocycles. The molecule has 3 nitrogen and oxygen atoms in total. The predicted octanol–water partition coefficient (Wildman–Crippen LogP) is 1.74. The highest BCUT2D eigenvalue weighted by molar-refractivity contribution is 9.10. The maximum absolute atomic E-state index is 5.72. The molecule has 4 heteroatoms. The lowest BCUT2D eigenvalue weighted by Crippen LogP contribution is -2.18. The van der Waals surface area contributed by atoms with E-state index in [9.17, 15) is 0 Å². The zero-order chi connectivity index (χ0) is 9.84. The fraction of sp³-hybridized carbons (Fsp3) is 0.444. The summed E-state index contributed by atoms with van der Waals surface area (Å²) in [5.74, 6) is 0.784. The van der Waals surface area contributed by atoms with Gasteiger partial charge in [0.2, 0.25) is 0 Å². The molecule has 0 amide bonds. The third-order valence-corrected chi connectivity index (χ3v) is 2.39. The van der Waals surface area contributed by atoms with Crippen LogP contribution in [0.5, 0.6) is 5.75 Å². The van der Waals surface area contributed by atoms with Gasteiger partial charge in [-0.15, -0.1) is 0 Å². The Morgan fingerprint density at radius 2 is 2.31 bits per heavy atom. The molecule has 0 unspecified atom stereocenters. The summed E-state index contributed by atoms with van der Waals surface area (Å²) in [4.78, 5) is 4.01. The van der Waals surface area contributed by atoms with Crippen molar-refractivity contribution in [3.8, 4) is 5.75 Å². The number of hydrogen-bond acceptors (Lipinski definition) is 3. The summed E-state index contributed by atoms with van der Waals surface area (Å²) in [6.07, 6.45) is 4.23. The van der Waals surface area contributed by atoms with Crippen LogP contribution in [-0.4, -0.2) is 18.1 Å². The summed E-state index contributed by atoms with van der Waals surface area (Å²) in [5, 5.41) is 0. The lowest BCUT2D eigenvalue weighted by Gasteiger charge is -2.11. The molecule has 1 heterocycles. The number of pyridine rings is 1. The number of nitrogens with two attached hydrogens (primary N) is 1. The number of halogens is 1. The van der Waals surface area contributed by atoms with Crippen molar-refractivity contribution >= 4 is 15.9 Å². The highest BCUT2D eigenvalue weighted by Gasteiger charge is 2.09. The van der Waals surface area contributed by atoms with Gasteiger partial charge in [-0.1, -0.05) is 0 Å². The summed E-state index contributed by atoms with van der Waals surface area (Å²) < 4.78 is 6.13. The van der Waals surface area contributed by atoms with Crippen molar-refractivity contribution in [3.63, 3.8) is 0 Å². The Kier molecular flexibility index (Phi) is 3.69. The van der Waals surface area contributed by atoms with Gasteiger partial charge in [0.25, 0.3) is 0 Å². The smallest absolute Gasteiger partial charge is 0.141 e. The zero-order valence-electron chi connectivity index (χ0n) is 7.75. The lowest BCUT2D eigenvalue weighted by atomic mass is 10.1. The van der Waals surface area contributed by atoms with E-state index in [0.717, 1.165) is 22.2 Å². The summed E-state index contributed by atoms with van der Waals surface area (Å²) >= 11 is 3.42. The number of rotatable bonds is 3. The van der Waals surface area contributed by atoms with Crippen molar-refractivity contribution < 1.29 is 4.74 Å². The van der Waals surface area contributed by atoms with Crippen molar-refractivity contribution in [2.24, 2.45) is 5.73 Å². The molecule has 72 valence electrons. The second kappa shape index (κ2) is 4.58. The lowest BCUT2D eigenvalue weighted by molar-refractivity contribution is 0.406. The topological polar surface area (TPSA) is 48.1 Å². The van der Waals surface area contributed by atoms with Crippen molar-refractivity contribution in [1.82, 2.24) is 4.98 Å². The minimum Gasteiger partial charge on any atom is -0.495 e. The van der Waals surface area contributed by atoms with Gasteiger partial charge in [0.1, 0.15) is 5.75 Å². The minimum absolute atomic E-state index is 0.118. The monoisotopic (exact) mass is 244 g/mol. The highest BCUT2D eigenvalue weighted by Crippen LogP contribution is 2.25. The molecule has 0 aliphatic carbocycles. The maximum atomic E-state index is 5.72. The third-order valence-electron chi connectivity index (χ3n) is 1.71. The van der Waals surface area contributed by atoms with E-state index in [1.807, 2.05) is 6.92 Å². The second-order valence-corrected chi connectivity index (χ2v) is 3.84. The van der Waals surface area contributed by atoms with Crippen LogP contribution in [0.3, 0.4) is 0 Å². The largest absolute Gasteiger partial charge is 0.495 e. The van der Waals surface area contributed by atoms with Crippen molar-refractivity contribution in [3.05, 3.63) is 22.4 Å². The van der Waals surface area contributed by atoms with Crippen LogP contribution in [0.25, 0.3) is 0 Å². The first-order valence-corrected chi connectivity index (χ1v) is 4.86. The molecule has 0 aromatic carbocycles. The van der Waals surface area contributed by atoms with Gasteiger partial charge in [-0.2, -0.15) is 0 Å². The summed E-state index contributed by atoms with van der Waals surface area (Å²) in [6.45, 7) is 1.96. The van der Waals surface area contributed by atoms with Gasteiger partial charge in [-0.3, -0.25) is 4.98 Å². The second-order valence-electron chi connectivity index (χ2n) is 2.98. The standard InChI is InChI=1S/C9H13BrN2O/c1-6(11)3-7-8(10)4-12-5-9(7)13-2/h4-6H,3,11H2,1-2H3/t6-/m0/s1. The molecular weight excluding hydrogens is 232 g/mol. The van der Waals surface area contributed by atoms with Crippen molar-refractivity contribution in [2.75, 3.05) is 7.11 Å². The number of methoxy groups -OCH3 is 1. The highest BCUT2D eigenvalue weighted by atomic mass is 79.9. The quantitative estimate of drug-likeness (QED) is 0.882. The minimum atomic E-state index is 0.118. The molecule has 2 N–H and O–H groups in total. The summed E-state index contributed by atoms with van der Waals surface area (Å²) in [5.41, 5.74) is 6.80. The van der Waals surface area contributed by atoms with Gasteiger partial charge in [0.05, 0.1) is 13.3 Å². The molecule has 0 radical (unpaired) electrons. The average Bonchev–Trinajstić information content (AvgIpc) is 2.08. The van der Waals surface area contributed by atoms with Crippen molar-refractivity contribution in [1.29, 1.82) is 0 Å². The van der Waals surface area contributed by atoms with Gasteiger partial charge in [-0.05, 0) is 29.3 Å². The van der Waals surface area contributed by atoms with Crippen LogP contribution in [0.15, 0.2) is 16.9 Å². The average molecular weight is 245 g/mol. The zero-order valence-corrected chi connectivity index (χ0v) is 9.34. The molecule has 1 aromatic rings. The fourth-order valence-corrected chi connectivity index (χ4v) is 1.62. The molecule has 13 heavy (non-hydrogen) atoms. The third kappa shape index (κ3) is 2.67. The SMILES string of the molecule is COc1cncc(Br)c1C[C@H](C)N. The first-order chi connectivity index (χ1) is 6.15. The molecule has 0 saturated heterocycles. The normalized spacial score (nSPS) is 12.6. The van der Waals surface area contributed by atoms with E-state index in [2.05, 4.69) is 20.9 Å². The number of nitrogens with zero attached hydrogens (tertiary/aromatic N) is 1. The number of aromatic nitrogens is 1.